The van der Waals surface area contributed by atoms with E-state index in [1.54, 1.807) is 0 Å². The number of furan rings is 2. The van der Waals surface area contributed by atoms with Gasteiger partial charge in [-0.3, -0.25) is 0 Å². The third-order valence-electron chi connectivity index (χ3n) is 10.9. The summed E-state index contributed by atoms with van der Waals surface area (Å²) in [6, 6.07) is 71.0. The Morgan fingerprint density at radius 2 is 0.927 bits per heavy atom. The van der Waals surface area contributed by atoms with Gasteiger partial charge in [-0.25, -0.2) is 0 Å². The summed E-state index contributed by atoms with van der Waals surface area (Å²) in [5, 5.41) is 6.76. The van der Waals surface area contributed by atoms with Gasteiger partial charge in [-0.1, -0.05) is 133 Å². The zero-order valence-electron chi connectivity index (χ0n) is 29.8. The van der Waals surface area contributed by atoms with Crippen molar-refractivity contribution in [2.24, 2.45) is 0 Å². The van der Waals surface area contributed by atoms with Crippen LogP contribution in [0, 0.1) is 0 Å². The van der Waals surface area contributed by atoms with Gasteiger partial charge in [0, 0.05) is 50.1 Å². The van der Waals surface area contributed by atoms with Crippen molar-refractivity contribution in [2.75, 3.05) is 4.90 Å². The Morgan fingerprint density at radius 1 is 0.309 bits per heavy atom. The van der Waals surface area contributed by atoms with E-state index in [1.165, 1.54) is 22.1 Å². The van der Waals surface area contributed by atoms with E-state index < -0.39 is 0 Å². The topological polar surface area (TPSA) is 29.5 Å². The van der Waals surface area contributed by atoms with Crippen LogP contribution in [0.4, 0.5) is 17.1 Å². The largest absolute Gasteiger partial charge is 0.456 e. The van der Waals surface area contributed by atoms with Crippen LogP contribution in [0.5, 0.6) is 0 Å². The van der Waals surface area contributed by atoms with E-state index >= 15 is 0 Å². The van der Waals surface area contributed by atoms with E-state index in [4.69, 9.17) is 8.83 Å². The number of hydrogen-bond donors (Lipinski definition) is 0. The molecule has 0 N–H and O–H groups in total. The lowest BCUT2D eigenvalue weighted by Crippen LogP contribution is -2.10. The SMILES string of the molecule is c1ccc(-c2cccc(-c3ccc(N(c4cccc(-c5cccc6oc7c8ccccc8ccc7c56)c4)c4ccc5c(c4)oc4ccccc45)cc3)c2)cc1. The van der Waals surface area contributed by atoms with Gasteiger partial charge in [0.25, 0.3) is 0 Å². The van der Waals surface area contributed by atoms with Gasteiger partial charge in [-0.2, -0.15) is 0 Å². The van der Waals surface area contributed by atoms with Crippen molar-refractivity contribution in [3.63, 3.8) is 0 Å². The fourth-order valence-electron chi connectivity index (χ4n) is 8.22. The Labute approximate surface area is 317 Å². The molecule has 11 rings (SSSR count). The summed E-state index contributed by atoms with van der Waals surface area (Å²) in [4.78, 5) is 2.32. The summed E-state index contributed by atoms with van der Waals surface area (Å²) in [5.41, 5.74) is 13.7. The lowest BCUT2D eigenvalue weighted by atomic mass is 9.97. The van der Waals surface area contributed by atoms with E-state index in [1.807, 2.05) is 12.1 Å². The normalized spacial score (nSPS) is 11.6. The molecule has 55 heavy (non-hydrogen) atoms. The maximum Gasteiger partial charge on any atom is 0.143 e. The molecule has 0 aliphatic carbocycles. The molecule has 0 saturated carbocycles. The number of hydrogen-bond acceptors (Lipinski definition) is 3. The molecule has 3 heteroatoms. The van der Waals surface area contributed by atoms with Crippen LogP contribution in [-0.4, -0.2) is 0 Å². The van der Waals surface area contributed by atoms with Gasteiger partial charge in [0.1, 0.15) is 22.3 Å². The van der Waals surface area contributed by atoms with Gasteiger partial charge in [0.15, 0.2) is 0 Å². The average molecular weight is 704 g/mol. The van der Waals surface area contributed by atoms with Crippen molar-refractivity contribution in [1.29, 1.82) is 0 Å². The Hall–Kier alpha value is -7.36. The minimum atomic E-state index is 0.857. The van der Waals surface area contributed by atoms with Crippen molar-refractivity contribution in [1.82, 2.24) is 0 Å². The molecule has 0 unspecified atom stereocenters. The van der Waals surface area contributed by atoms with Crippen LogP contribution in [0.3, 0.4) is 0 Å². The highest BCUT2D eigenvalue weighted by atomic mass is 16.3. The molecule has 0 amide bonds. The fraction of sp³-hybridized carbons (Fsp3) is 0. The van der Waals surface area contributed by atoms with Crippen LogP contribution < -0.4 is 4.90 Å². The first-order valence-electron chi connectivity index (χ1n) is 18.7. The molecule has 11 aromatic rings. The van der Waals surface area contributed by atoms with E-state index in [2.05, 4.69) is 193 Å². The van der Waals surface area contributed by atoms with E-state index in [0.29, 0.717) is 0 Å². The van der Waals surface area contributed by atoms with Crippen LogP contribution in [0.25, 0.3) is 88.0 Å². The minimum Gasteiger partial charge on any atom is -0.456 e. The summed E-state index contributed by atoms with van der Waals surface area (Å²) in [7, 11) is 0. The Balaban J connectivity index is 1.05. The van der Waals surface area contributed by atoms with Gasteiger partial charge in [-0.15, -0.1) is 0 Å². The van der Waals surface area contributed by atoms with Crippen LogP contribution in [-0.2, 0) is 0 Å². The minimum absolute atomic E-state index is 0.857. The smallest absolute Gasteiger partial charge is 0.143 e. The average Bonchev–Trinajstić information content (AvgIpc) is 3.83. The standard InChI is InChI=1S/C52H33NO2/c1-2-11-34(12-3-1)37-14-8-15-38(31-37)35-23-26-40(27-24-35)53(42-28-30-46-45-19-6-7-21-48(45)54-50(46)33-42)41-17-9-16-39(32-41)43-20-10-22-49-51(43)47-29-25-36-13-4-5-18-44(36)52(47)55-49/h1-33H. The second-order valence-corrected chi connectivity index (χ2v) is 14.1. The number of rotatable bonds is 6. The molecular weight excluding hydrogens is 671 g/mol. The van der Waals surface area contributed by atoms with Crippen LogP contribution in [0.2, 0.25) is 0 Å². The van der Waals surface area contributed by atoms with Crippen LogP contribution in [0.1, 0.15) is 0 Å². The number of nitrogens with zero attached hydrogens (tertiary/aromatic N) is 1. The zero-order chi connectivity index (χ0) is 36.3. The lowest BCUT2D eigenvalue weighted by molar-refractivity contribution is 0.669. The molecule has 258 valence electrons. The first-order valence-corrected chi connectivity index (χ1v) is 18.7. The highest BCUT2D eigenvalue weighted by molar-refractivity contribution is 6.19. The first-order chi connectivity index (χ1) is 27.2. The predicted molar refractivity (Wildman–Crippen MR) is 229 cm³/mol. The summed E-state index contributed by atoms with van der Waals surface area (Å²) < 4.78 is 13.0. The Kier molecular flexibility index (Phi) is 7.17. The number of fused-ring (bicyclic) bond motifs is 8. The van der Waals surface area contributed by atoms with Crippen molar-refractivity contribution in [3.8, 4) is 33.4 Å². The monoisotopic (exact) mass is 703 g/mol. The molecule has 0 aliphatic heterocycles. The zero-order valence-corrected chi connectivity index (χ0v) is 29.8. The van der Waals surface area contributed by atoms with E-state index in [-0.39, 0.29) is 0 Å². The van der Waals surface area contributed by atoms with E-state index in [0.717, 1.165) is 83.0 Å². The number of anilines is 3. The molecule has 0 spiro atoms. The highest BCUT2D eigenvalue weighted by Gasteiger charge is 2.19. The second-order valence-electron chi connectivity index (χ2n) is 14.1. The molecule has 0 atom stereocenters. The maximum absolute atomic E-state index is 6.57. The third kappa shape index (κ3) is 5.28. The Bertz CT molecular complexity index is 3210. The summed E-state index contributed by atoms with van der Waals surface area (Å²) in [5.74, 6) is 0. The van der Waals surface area contributed by atoms with Gasteiger partial charge in [0.2, 0.25) is 0 Å². The summed E-state index contributed by atoms with van der Waals surface area (Å²) in [6.45, 7) is 0. The fourth-order valence-corrected chi connectivity index (χ4v) is 8.22. The molecule has 9 aromatic carbocycles. The van der Waals surface area contributed by atoms with Crippen molar-refractivity contribution >= 4 is 71.7 Å². The van der Waals surface area contributed by atoms with E-state index in [9.17, 15) is 0 Å². The molecule has 2 heterocycles. The maximum atomic E-state index is 6.57. The van der Waals surface area contributed by atoms with Crippen molar-refractivity contribution in [3.05, 3.63) is 200 Å². The molecule has 0 radical (unpaired) electrons. The molecule has 0 aliphatic rings. The van der Waals surface area contributed by atoms with Gasteiger partial charge >= 0.3 is 0 Å². The first kappa shape index (κ1) is 31.2. The molecule has 0 saturated heterocycles. The number of benzene rings is 9. The van der Waals surface area contributed by atoms with Crippen molar-refractivity contribution in [2.45, 2.75) is 0 Å². The number of para-hydroxylation sites is 1. The van der Waals surface area contributed by atoms with Gasteiger partial charge in [-0.05, 0) is 99.4 Å². The molecular formula is C52H33NO2. The quantitative estimate of drug-likeness (QED) is 0.173. The summed E-state index contributed by atoms with van der Waals surface area (Å²) in [6.07, 6.45) is 0. The molecule has 0 bridgehead atoms. The van der Waals surface area contributed by atoms with Gasteiger partial charge in [0.05, 0.1) is 0 Å². The van der Waals surface area contributed by atoms with Crippen molar-refractivity contribution < 1.29 is 8.83 Å². The molecule has 0 fully saturated rings. The third-order valence-corrected chi connectivity index (χ3v) is 10.9. The molecule has 2 aromatic heterocycles. The predicted octanol–water partition coefficient (Wildman–Crippen LogP) is 15.1. The summed E-state index contributed by atoms with van der Waals surface area (Å²) >= 11 is 0. The highest BCUT2D eigenvalue weighted by Crippen LogP contribution is 2.43. The van der Waals surface area contributed by atoms with Gasteiger partial charge < -0.3 is 13.7 Å². The second kappa shape index (κ2) is 12.6. The Morgan fingerprint density at radius 3 is 1.80 bits per heavy atom. The molecule has 3 nitrogen and oxygen atoms in total. The van der Waals surface area contributed by atoms with Crippen LogP contribution >= 0.6 is 0 Å². The lowest BCUT2D eigenvalue weighted by Gasteiger charge is -2.26. The van der Waals surface area contributed by atoms with Crippen LogP contribution in [0.15, 0.2) is 209 Å².